The second kappa shape index (κ2) is 7.22. The predicted octanol–water partition coefficient (Wildman–Crippen LogP) is 0.959. The molecule has 0 fully saturated rings. The number of carbonyl (C=O) groups is 1. The van der Waals surface area contributed by atoms with Gasteiger partial charge < -0.3 is 10.4 Å². The average molecular weight is 284 g/mol. The summed E-state index contributed by atoms with van der Waals surface area (Å²) in [5.74, 6) is 5.38. The van der Waals surface area contributed by atoms with E-state index in [-0.39, 0.29) is 12.5 Å². The summed E-state index contributed by atoms with van der Waals surface area (Å²) < 4.78 is 1.61. The lowest BCUT2D eigenvalue weighted by molar-refractivity contribution is -0.116. The first-order valence-corrected chi connectivity index (χ1v) is 6.53. The van der Waals surface area contributed by atoms with Crippen molar-refractivity contribution in [2.24, 2.45) is 0 Å². The Morgan fingerprint density at radius 3 is 3.00 bits per heavy atom. The number of carbonyl (C=O) groups excluding carboxylic acids is 1. The molecule has 2 rings (SSSR count). The Labute approximate surface area is 122 Å². The summed E-state index contributed by atoms with van der Waals surface area (Å²) in [5.41, 5.74) is 2.51. The van der Waals surface area contributed by atoms with Crippen LogP contribution in [0.4, 0.5) is 5.69 Å². The molecule has 0 spiro atoms. The highest BCUT2D eigenvalue weighted by Crippen LogP contribution is 2.14. The summed E-state index contributed by atoms with van der Waals surface area (Å²) in [4.78, 5) is 11.8. The molecule has 6 nitrogen and oxygen atoms in total. The molecule has 108 valence electrons. The van der Waals surface area contributed by atoms with Crippen molar-refractivity contribution in [3.63, 3.8) is 0 Å². The van der Waals surface area contributed by atoms with Crippen LogP contribution >= 0.6 is 0 Å². The summed E-state index contributed by atoms with van der Waals surface area (Å²) >= 11 is 0. The smallest absolute Gasteiger partial charge is 0.226 e. The van der Waals surface area contributed by atoms with Gasteiger partial charge in [0.05, 0.1) is 12.7 Å². The number of aryl methyl sites for hydroxylation is 2. The maximum absolute atomic E-state index is 11.8. The van der Waals surface area contributed by atoms with Gasteiger partial charge in [0.1, 0.15) is 6.61 Å². The van der Waals surface area contributed by atoms with E-state index in [1.807, 2.05) is 19.1 Å². The molecular weight excluding hydrogens is 268 g/mol. The van der Waals surface area contributed by atoms with Gasteiger partial charge in [0.15, 0.2) is 0 Å². The number of nitrogens with zero attached hydrogens (tertiary/aromatic N) is 3. The Bertz CT molecular complexity index is 669. The van der Waals surface area contributed by atoms with Crippen molar-refractivity contribution in [3.05, 3.63) is 41.7 Å². The van der Waals surface area contributed by atoms with Crippen molar-refractivity contribution in [1.82, 2.24) is 15.0 Å². The maximum atomic E-state index is 11.8. The fraction of sp³-hybridized carbons (Fsp3) is 0.267. The Morgan fingerprint density at radius 1 is 1.48 bits per heavy atom. The van der Waals surface area contributed by atoms with Gasteiger partial charge in [-0.3, -0.25) is 9.48 Å². The second-order valence-corrected chi connectivity index (χ2v) is 4.45. The lowest BCUT2D eigenvalue weighted by Crippen LogP contribution is -2.15. The summed E-state index contributed by atoms with van der Waals surface area (Å²) in [7, 11) is 0. The molecular formula is C15H16N4O2. The van der Waals surface area contributed by atoms with E-state index in [0.29, 0.717) is 13.0 Å². The van der Waals surface area contributed by atoms with E-state index in [9.17, 15) is 4.79 Å². The van der Waals surface area contributed by atoms with Gasteiger partial charge in [0.2, 0.25) is 5.91 Å². The van der Waals surface area contributed by atoms with Gasteiger partial charge in [-0.25, -0.2) is 0 Å². The van der Waals surface area contributed by atoms with E-state index in [1.165, 1.54) is 0 Å². The molecule has 2 N–H and O–H groups in total. The zero-order valence-corrected chi connectivity index (χ0v) is 11.7. The molecule has 1 aromatic heterocycles. The molecule has 0 saturated carbocycles. The molecule has 1 amide bonds. The molecule has 21 heavy (non-hydrogen) atoms. The van der Waals surface area contributed by atoms with Crippen LogP contribution in [0.25, 0.3) is 0 Å². The van der Waals surface area contributed by atoms with Crippen LogP contribution in [0.5, 0.6) is 0 Å². The average Bonchev–Trinajstić information content (AvgIpc) is 2.98. The Hall–Kier alpha value is -2.65. The molecule has 6 heteroatoms. The first-order chi connectivity index (χ1) is 10.2. The van der Waals surface area contributed by atoms with Gasteiger partial charge in [-0.05, 0) is 30.7 Å². The van der Waals surface area contributed by atoms with Crippen molar-refractivity contribution < 1.29 is 9.90 Å². The summed E-state index contributed by atoms with van der Waals surface area (Å²) in [6, 6.07) is 5.47. The van der Waals surface area contributed by atoms with E-state index in [0.717, 1.165) is 16.8 Å². The highest BCUT2D eigenvalue weighted by Gasteiger charge is 2.04. The molecule has 0 saturated heterocycles. The van der Waals surface area contributed by atoms with E-state index in [4.69, 9.17) is 5.11 Å². The highest BCUT2D eigenvalue weighted by atomic mass is 16.2. The lowest BCUT2D eigenvalue weighted by atomic mass is 10.1. The van der Waals surface area contributed by atoms with Crippen LogP contribution in [-0.2, 0) is 11.3 Å². The fourth-order valence-electron chi connectivity index (χ4n) is 1.81. The number of nitrogens with one attached hydrogen (secondary N) is 1. The van der Waals surface area contributed by atoms with Crippen molar-refractivity contribution >= 4 is 11.6 Å². The monoisotopic (exact) mass is 284 g/mol. The molecule has 0 aliphatic carbocycles. The number of hydrogen-bond donors (Lipinski definition) is 2. The van der Waals surface area contributed by atoms with Crippen molar-refractivity contribution in [3.8, 4) is 11.8 Å². The third-order valence-corrected chi connectivity index (χ3v) is 2.85. The number of anilines is 1. The number of hydrogen-bond acceptors (Lipinski definition) is 4. The van der Waals surface area contributed by atoms with E-state index < -0.39 is 0 Å². The van der Waals surface area contributed by atoms with Gasteiger partial charge in [0.25, 0.3) is 0 Å². The fourth-order valence-corrected chi connectivity index (χ4v) is 1.81. The largest absolute Gasteiger partial charge is 0.384 e. The van der Waals surface area contributed by atoms with Gasteiger partial charge in [-0.1, -0.05) is 17.1 Å². The van der Waals surface area contributed by atoms with Gasteiger partial charge in [-0.2, -0.15) is 0 Å². The number of aromatic nitrogens is 3. The van der Waals surface area contributed by atoms with Crippen LogP contribution in [0.1, 0.15) is 17.5 Å². The number of rotatable bonds is 4. The number of aliphatic hydroxyl groups excluding tert-OH is 1. The molecule has 0 radical (unpaired) electrons. The minimum absolute atomic E-state index is 0.0842. The number of amides is 1. The molecule has 1 heterocycles. The molecule has 0 aliphatic heterocycles. The topological polar surface area (TPSA) is 80.0 Å². The van der Waals surface area contributed by atoms with Crippen LogP contribution < -0.4 is 5.32 Å². The number of aliphatic hydroxyl groups is 1. The molecule has 0 bridgehead atoms. The van der Waals surface area contributed by atoms with Crippen LogP contribution in [0.3, 0.4) is 0 Å². The molecule has 1 aromatic carbocycles. The third kappa shape index (κ3) is 4.44. The van der Waals surface area contributed by atoms with Crippen molar-refractivity contribution in [1.29, 1.82) is 0 Å². The van der Waals surface area contributed by atoms with Gasteiger partial charge in [-0.15, -0.1) is 5.10 Å². The molecule has 2 aromatic rings. The second-order valence-electron chi connectivity index (χ2n) is 4.45. The molecule has 0 unspecified atom stereocenters. The SMILES string of the molecule is Cc1cc(NC(=O)CCn2ccnn2)ccc1C#CCO. The summed E-state index contributed by atoms with van der Waals surface area (Å²) in [6.07, 6.45) is 3.62. The maximum Gasteiger partial charge on any atom is 0.226 e. The third-order valence-electron chi connectivity index (χ3n) is 2.85. The van der Waals surface area contributed by atoms with E-state index in [1.54, 1.807) is 23.1 Å². The Morgan fingerprint density at radius 2 is 2.33 bits per heavy atom. The lowest BCUT2D eigenvalue weighted by Gasteiger charge is -2.07. The minimum Gasteiger partial charge on any atom is -0.384 e. The Balaban J connectivity index is 1.93. The standard InChI is InChI=1S/C15H16N4O2/c1-12-11-14(5-4-13(12)3-2-10-20)17-15(21)6-8-19-9-7-16-18-19/h4-5,7,9,11,20H,6,8,10H2,1H3,(H,17,21). The molecule has 0 atom stereocenters. The zero-order valence-electron chi connectivity index (χ0n) is 11.7. The van der Waals surface area contributed by atoms with E-state index >= 15 is 0 Å². The zero-order chi connectivity index (χ0) is 15.1. The highest BCUT2D eigenvalue weighted by molar-refractivity contribution is 5.90. The van der Waals surface area contributed by atoms with E-state index in [2.05, 4.69) is 27.5 Å². The van der Waals surface area contributed by atoms with Gasteiger partial charge in [0, 0.05) is 23.9 Å². The van der Waals surface area contributed by atoms with Crippen molar-refractivity contribution in [2.75, 3.05) is 11.9 Å². The van der Waals surface area contributed by atoms with Crippen LogP contribution in [-0.4, -0.2) is 32.6 Å². The minimum atomic E-state index is -0.166. The molecule has 0 aliphatic rings. The summed E-state index contributed by atoms with van der Waals surface area (Å²) in [6.45, 7) is 2.23. The van der Waals surface area contributed by atoms with Gasteiger partial charge >= 0.3 is 0 Å². The summed E-state index contributed by atoms with van der Waals surface area (Å²) in [5, 5.41) is 19.0. The van der Waals surface area contributed by atoms with Crippen LogP contribution in [0.2, 0.25) is 0 Å². The number of benzene rings is 1. The predicted molar refractivity (Wildman–Crippen MR) is 78.4 cm³/mol. The first kappa shape index (κ1) is 14.8. The quantitative estimate of drug-likeness (QED) is 0.820. The normalized spacial score (nSPS) is 9.81. The van der Waals surface area contributed by atoms with Crippen LogP contribution in [0.15, 0.2) is 30.6 Å². The van der Waals surface area contributed by atoms with Crippen molar-refractivity contribution in [2.45, 2.75) is 19.9 Å². The first-order valence-electron chi connectivity index (χ1n) is 6.53. The van der Waals surface area contributed by atoms with Crippen LogP contribution in [0, 0.1) is 18.8 Å². The Kier molecular flexibility index (Phi) is 5.07.